The van der Waals surface area contributed by atoms with Crippen LogP contribution < -0.4 is 15.4 Å². The number of ether oxygens (including phenoxy) is 3. The number of para-hydroxylation sites is 1. The van der Waals surface area contributed by atoms with Crippen LogP contribution in [0.1, 0.15) is 50.3 Å². The van der Waals surface area contributed by atoms with E-state index in [1.165, 1.54) is 11.8 Å². The van der Waals surface area contributed by atoms with Crippen molar-refractivity contribution in [2.24, 2.45) is 0 Å². The third-order valence-corrected chi connectivity index (χ3v) is 5.81. The summed E-state index contributed by atoms with van der Waals surface area (Å²) in [5.41, 5.74) is 6.60. The fourth-order valence-electron chi connectivity index (χ4n) is 4.51. The number of fused-ring (bicyclic) bond motifs is 5. The molecule has 2 aromatic carbocycles. The van der Waals surface area contributed by atoms with Crippen molar-refractivity contribution >= 4 is 29.7 Å². The first kappa shape index (κ1) is 20.7. The van der Waals surface area contributed by atoms with Crippen LogP contribution in [0.25, 0.3) is 0 Å². The lowest BCUT2D eigenvalue weighted by atomic mass is 9.82. The van der Waals surface area contributed by atoms with E-state index in [1.54, 1.807) is 37.3 Å². The smallest absolute Gasteiger partial charge is 0.445 e. The van der Waals surface area contributed by atoms with E-state index in [2.05, 4.69) is 0 Å². The fourth-order valence-corrected chi connectivity index (χ4v) is 4.51. The minimum absolute atomic E-state index is 0.0632. The summed E-state index contributed by atoms with van der Waals surface area (Å²) in [5, 5.41) is 0. The van der Waals surface area contributed by atoms with Crippen molar-refractivity contribution in [2.45, 2.75) is 44.9 Å². The summed E-state index contributed by atoms with van der Waals surface area (Å²) < 4.78 is 17.0. The van der Waals surface area contributed by atoms with Gasteiger partial charge in [-0.1, -0.05) is 32.0 Å². The number of nitrogens with two attached hydrogens (primary N) is 1. The van der Waals surface area contributed by atoms with Gasteiger partial charge in [0.15, 0.2) is 6.29 Å². The molecule has 8 heteroatoms. The highest BCUT2D eigenvalue weighted by Crippen LogP contribution is 2.64. The summed E-state index contributed by atoms with van der Waals surface area (Å²) in [6, 6.07) is 10.3. The Hall–Kier alpha value is -3.55. The van der Waals surface area contributed by atoms with Crippen LogP contribution >= 0.6 is 0 Å². The van der Waals surface area contributed by atoms with Gasteiger partial charge in [-0.25, -0.2) is 4.79 Å². The highest BCUT2D eigenvalue weighted by molar-refractivity contribution is 6.06. The van der Waals surface area contributed by atoms with Gasteiger partial charge in [0.05, 0.1) is 23.5 Å². The molecule has 2 aliphatic heterocycles. The van der Waals surface area contributed by atoms with Gasteiger partial charge in [0.2, 0.25) is 11.4 Å². The van der Waals surface area contributed by atoms with Crippen LogP contribution in [0.5, 0.6) is 5.75 Å². The summed E-state index contributed by atoms with van der Waals surface area (Å²) in [6.07, 6.45) is -0.446. The Balaban J connectivity index is 2.07. The van der Waals surface area contributed by atoms with Crippen molar-refractivity contribution in [3.8, 4) is 5.75 Å². The molecule has 4 rings (SSSR count). The zero-order chi connectivity index (χ0) is 22.6. The van der Waals surface area contributed by atoms with Gasteiger partial charge in [0.1, 0.15) is 5.75 Å². The minimum atomic E-state index is -1.98. The molecule has 0 aliphatic carbocycles. The molecule has 8 nitrogen and oxygen atoms in total. The van der Waals surface area contributed by atoms with E-state index in [9.17, 15) is 14.4 Å². The van der Waals surface area contributed by atoms with Crippen molar-refractivity contribution in [2.75, 3.05) is 17.2 Å². The molecule has 31 heavy (non-hydrogen) atoms. The van der Waals surface area contributed by atoms with E-state index in [0.29, 0.717) is 23.2 Å². The Morgan fingerprint density at radius 3 is 2.58 bits per heavy atom. The second-order valence-electron chi connectivity index (χ2n) is 7.90. The van der Waals surface area contributed by atoms with E-state index in [0.717, 1.165) is 5.56 Å². The van der Waals surface area contributed by atoms with Gasteiger partial charge >= 0.3 is 11.9 Å². The topological polar surface area (TPSA) is 108 Å². The summed E-state index contributed by atoms with van der Waals surface area (Å²) in [4.78, 5) is 39.5. The number of nitrogen functional groups attached to an aromatic ring is 1. The normalized spacial score (nSPS) is 22.9. The number of anilines is 2. The van der Waals surface area contributed by atoms with Crippen LogP contribution in [0.2, 0.25) is 0 Å². The second kappa shape index (κ2) is 7.01. The zero-order valence-corrected chi connectivity index (χ0v) is 17.8. The Labute approximate surface area is 179 Å². The molecule has 2 aliphatic rings. The predicted molar refractivity (Wildman–Crippen MR) is 113 cm³/mol. The first-order chi connectivity index (χ1) is 14.7. The molecule has 0 bridgehead atoms. The number of aldehydes is 1. The van der Waals surface area contributed by atoms with Crippen molar-refractivity contribution in [1.29, 1.82) is 0 Å². The predicted octanol–water partition coefficient (Wildman–Crippen LogP) is 3.57. The molecule has 1 amide bonds. The number of benzene rings is 2. The van der Waals surface area contributed by atoms with Crippen LogP contribution in [-0.4, -0.2) is 25.0 Å². The van der Waals surface area contributed by atoms with E-state index >= 15 is 0 Å². The van der Waals surface area contributed by atoms with Crippen LogP contribution in [0.3, 0.4) is 0 Å². The molecular formula is C23H24N2O6. The highest BCUT2D eigenvalue weighted by Gasteiger charge is 2.74. The van der Waals surface area contributed by atoms with Gasteiger partial charge < -0.3 is 19.9 Å². The molecule has 2 heterocycles. The number of carbonyl (C=O) groups is 3. The maximum atomic E-state index is 12.9. The number of amides is 1. The van der Waals surface area contributed by atoms with Crippen LogP contribution in [0.4, 0.5) is 16.2 Å². The third-order valence-electron chi connectivity index (χ3n) is 5.81. The summed E-state index contributed by atoms with van der Waals surface area (Å²) in [7, 11) is 0. The van der Waals surface area contributed by atoms with E-state index < -0.39 is 23.4 Å². The molecule has 2 unspecified atom stereocenters. The first-order valence-corrected chi connectivity index (χ1v) is 10.1. The van der Waals surface area contributed by atoms with Gasteiger partial charge in [-0.3, -0.25) is 14.5 Å². The molecule has 2 aromatic rings. The standard InChI is InChI=1S/C23H24N2O6/c1-5-29-21(28)31-23-17-7-6-8-18(24)20(17)25(14(4)27)22(23,12-26)16-10-9-15(13(2)3)11-19(16)30-23/h6-13H,5,24H2,1-4H3. The Kier molecular flexibility index (Phi) is 4.68. The second-order valence-corrected chi connectivity index (χ2v) is 7.90. The molecule has 2 N–H and O–H groups in total. The molecule has 2 atom stereocenters. The minimum Gasteiger partial charge on any atom is -0.445 e. The Bertz CT molecular complexity index is 1100. The molecular weight excluding hydrogens is 400 g/mol. The van der Waals surface area contributed by atoms with Gasteiger partial charge in [0.25, 0.3) is 0 Å². The molecule has 0 saturated heterocycles. The zero-order valence-electron chi connectivity index (χ0n) is 17.8. The number of hydrogen-bond donors (Lipinski definition) is 1. The van der Waals surface area contributed by atoms with Crippen LogP contribution in [0.15, 0.2) is 36.4 Å². The lowest BCUT2D eigenvalue weighted by Gasteiger charge is -2.37. The fraction of sp³-hybridized carbons (Fsp3) is 0.348. The van der Waals surface area contributed by atoms with Crippen molar-refractivity contribution in [1.82, 2.24) is 0 Å². The Morgan fingerprint density at radius 1 is 1.23 bits per heavy atom. The summed E-state index contributed by atoms with van der Waals surface area (Å²) >= 11 is 0. The van der Waals surface area contributed by atoms with Crippen LogP contribution in [0, 0.1) is 0 Å². The molecule has 0 aromatic heterocycles. The van der Waals surface area contributed by atoms with Crippen molar-refractivity contribution in [3.63, 3.8) is 0 Å². The summed E-state index contributed by atoms with van der Waals surface area (Å²) in [6.45, 7) is 7.06. The average Bonchev–Trinajstić information content (AvgIpc) is 3.12. The highest BCUT2D eigenvalue weighted by atomic mass is 16.8. The monoisotopic (exact) mass is 424 g/mol. The number of hydrogen-bond acceptors (Lipinski definition) is 7. The average molecular weight is 424 g/mol. The molecule has 162 valence electrons. The van der Waals surface area contributed by atoms with Gasteiger partial charge in [-0.05, 0) is 36.6 Å². The number of carbonyl (C=O) groups excluding carboxylic acids is 3. The SMILES string of the molecule is CCOC(=O)OC12Oc3cc(C(C)C)ccc3C1(C=O)N(C(C)=O)c1c(N)cccc12. The summed E-state index contributed by atoms with van der Waals surface area (Å²) in [5.74, 6) is -1.89. The quantitative estimate of drug-likeness (QED) is 0.454. The molecule has 0 radical (unpaired) electrons. The lowest BCUT2D eigenvalue weighted by Crippen LogP contribution is -2.59. The molecule has 0 spiro atoms. The van der Waals surface area contributed by atoms with E-state index in [1.807, 2.05) is 19.9 Å². The largest absolute Gasteiger partial charge is 0.511 e. The van der Waals surface area contributed by atoms with E-state index in [-0.39, 0.29) is 23.9 Å². The molecule has 0 saturated carbocycles. The van der Waals surface area contributed by atoms with Crippen molar-refractivity contribution < 1.29 is 28.6 Å². The lowest BCUT2D eigenvalue weighted by molar-refractivity contribution is -0.188. The van der Waals surface area contributed by atoms with Crippen molar-refractivity contribution in [3.05, 3.63) is 53.1 Å². The third kappa shape index (κ3) is 2.57. The maximum Gasteiger partial charge on any atom is 0.511 e. The Morgan fingerprint density at radius 2 is 1.97 bits per heavy atom. The first-order valence-electron chi connectivity index (χ1n) is 10.1. The van der Waals surface area contributed by atoms with Gasteiger partial charge in [-0.2, -0.15) is 0 Å². The van der Waals surface area contributed by atoms with E-state index in [4.69, 9.17) is 19.9 Å². The molecule has 0 fully saturated rings. The number of rotatable bonds is 4. The van der Waals surface area contributed by atoms with Crippen LogP contribution in [-0.2, 0) is 30.4 Å². The maximum absolute atomic E-state index is 12.9. The van der Waals surface area contributed by atoms with Gasteiger partial charge in [0, 0.05) is 12.5 Å². The van der Waals surface area contributed by atoms with Gasteiger partial charge in [-0.15, -0.1) is 0 Å². The number of nitrogens with zero attached hydrogens (tertiary/aromatic N) is 1.